The van der Waals surface area contributed by atoms with Gasteiger partial charge in [0.15, 0.2) is 5.82 Å². The molecule has 0 aliphatic carbocycles. The minimum atomic E-state index is -0.0595. The third-order valence-corrected chi connectivity index (χ3v) is 2.66. The molecule has 1 aliphatic heterocycles. The molecule has 2 rings (SSSR count). The van der Waals surface area contributed by atoms with Crippen LogP contribution in [-0.4, -0.2) is 47.5 Å². The zero-order valence-electron chi connectivity index (χ0n) is 9.04. The van der Waals surface area contributed by atoms with Crippen molar-refractivity contribution in [3.05, 3.63) is 18.1 Å². The Morgan fingerprint density at radius 3 is 3.06 bits per heavy atom. The van der Waals surface area contributed by atoms with Gasteiger partial charge >= 0.3 is 0 Å². The van der Waals surface area contributed by atoms with Crippen molar-refractivity contribution < 1.29 is 9.84 Å². The smallest absolute Gasteiger partial charge is 0.152 e. The van der Waals surface area contributed by atoms with Crippen molar-refractivity contribution in [2.24, 2.45) is 5.73 Å². The van der Waals surface area contributed by atoms with Gasteiger partial charge < -0.3 is 20.5 Å². The third kappa shape index (κ3) is 2.13. The molecule has 1 aromatic heterocycles. The fourth-order valence-electron chi connectivity index (χ4n) is 1.83. The highest BCUT2D eigenvalue weighted by molar-refractivity contribution is 5.44. The second-order valence-electron chi connectivity index (χ2n) is 3.64. The summed E-state index contributed by atoms with van der Waals surface area (Å²) in [5.74, 6) is 0.757. The molecule has 1 unspecified atom stereocenters. The van der Waals surface area contributed by atoms with Crippen LogP contribution in [0.4, 0.5) is 5.82 Å². The molecule has 1 aliphatic rings. The summed E-state index contributed by atoms with van der Waals surface area (Å²) < 4.78 is 5.32. The number of aromatic nitrogens is 2. The summed E-state index contributed by atoms with van der Waals surface area (Å²) in [5.41, 5.74) is 6.37. The Bertz CT molecular complexity index is 347. The molecule has 1 atom stereocenters. The second kappa shape index (κ2) is 5.20. The third-order valence-electron chi connectivity index (χ3n) is 2.66. The maximum absolute atomic E-state index is 9.29. The summed E-state index contributed by atoms with van der Waals surface area (Å²) in [6, 6.07) is -0.0595. The number of nitrogens with two attached hydrogens (primary N) is 1. The zero-order chi connectivity index (χ0) is 11.4. The van der Waals surface area contributed by atoms with E-state index in [1.807, 2.05) is 4.90 Å². The van der Waals surface area contributed by atoms with Crippen LogP contribution in [-0.2, 0) is 11.3 Å². The van der Waals surface area contributed by atoms with E-state index in [0.29, 0.717) is 26.3 Å². The lowest BCUT2D eigenvalue weighted by Gasteiger charge is -2.35. The average Bonchev–Trinajstić information content (AvgIpc) is 2.38. The van der Waals surface area contributed by atoms with E-state index in [0.717, 1.165) is 11.5 Å². The molecule has 1 saturated heterocycles. The summed E-state index contributed by atoms with van der Waals surface area (Å²) >= 11 is 0. The van der Waals surface area contributed by atoms with E-state index < -0.39 is 0 Å². The molecule has 0 amide bonds. The van der Waals surface area contributed by atoms with Gasteiger partial charge in [0.05, 0.1) is 31.6 Å². The van der Waals surface area contributed by atoms with Crippen LogP contribution in [0.3, 0.4) is 0 Å². The lowest BCUT2D eigenvalue weighted by atomic mass is 10.2. The predicted molar refractivity (Wildman–Crippen MR) is 59.0 cm³/mol. The lowest BCUT2D eigenvalue weighted by Crippen LogP contribution is -2.48. The number of aliphatic hydroxyl groups is 1. The summed E-state index contributed by atoms with van der Waals surface area (Å²) in [5, 5.41) is 9.29. The van der Waals surface area contributed by atoms with Crippen molar-refractivity contribution >= 4 is 5.82 Å². The van der Waals surface area contributed by atoms with Gasteiger partial charge in [-0.2, -0.15) is 0 Å². The number of anilines is 1. The van der Waals surface area contributed by atoms with Gasteiger partial charge in [-0.15, -0.1) is 0 Å². The fourth-order valence-corrected chi connectivity index (χ4v) is 1.83. The highest BCUT2D eigenvalue weighted by atomic mass is 16.5. The Morgan fingerprint density at radius 1 is 1.50 bits per heavy atom. The van der Waals surface area contributed by atoms with E-state index in [9.17, 15) is 5.11 Å². The molecule has 1 fully saturated rings. The van der Waals surface area contributed by atoms with Crippen LogP contribution in [0.25, 0.3) is 0 Å². The largest absolute Gasteiger partial charge is 0.394 e. The van der Waals surface area contributed by atoms with E-state index in [2.05, 4.69) is 9.97 Å². The van der Waals surface area contributed by atoms with E-state index in [4.69, 9.17) is 10.5 Å². The first-order valence-corrected chi connectivity index (χ1v) is 5.32. The van der Waals surface area contributed by atoms with Gasteiger partial charge in [0.2, 0.25) is 0 Å². The van der Waals surface area contributed by atoms with Crippen LogP contribution in [0.15, 0.2) is 12.4 Å². The van der Waals surface area contributed by atoms with Crippen LogP contribution in [0.2, 0.25) is 0 Å². The summed E-state index contributed by atoms with van der Waals surface area (Å²) in [6.07, 6.45) is 3.26. The summed E-state index contributed by atoms with van der Waals surface area (Å²) in [7, 11) is 0. The van der Waals surface area contributed by atoms with Gasteiger partial charge in [0.25, 0.3) is 0 Å². The van der Waals surface area contributed by atoms with Crippen molar-refractivity contribution in [1.29, 1.82) is 0 Å². The Hall–Kier alpha value is -1.24. The highest BCUT2D eigenvalue weighted by Crippen LogP contribution is 2.19. The van der Waals surface area contributed by atoms with Crippen molar-refractivity contribution in [2.75, 3.05) is 31.3 Å². The Morgan fingerprint density at radius 2 is 2.31 bits per heavy atom. The van der Waals surface area contributed by atoms with Crippen LogP contribution >= 0.6 is 0 Å². The predicted octanol–water partition coefficient (Wildman–Crippen LogP) is -0.867. The zero-order valence-corrected chi connectivity index (χ0v) is 9.04. The fraction of sp³-hybridized carbons (Fsp3) is 0.600. The van der Waals surface area contributed by atoms with Crippen molar-refractivity contribution in [3.8, 4) is 0 Å². The highest BCUT2D eigenvalue weighted by Gasteiger charge is 2.25. The first-order chi connectivity index (χ1) is 7.86. The minimum absolute atomic E-state index is 0.0422. The maximum atomic E-state index is 9.29. The topological polar surface area (TPSA) is 84.5 Å². The maximum Gasteiger partial charge on any atom is 0.152 e. The average molecular weight is 224 g/mol. The summed E-state index contributed by atoms with van der Waals surface area (Å²) in [4.78, 5) is 10.5. The number of hydrogen-bond acceptors (Lipinski definition) is 6. The van der Waals surface area contributed by atoms with Gasteiger partial charge in [-0.3, -0.25) is 4.98 Å². The number of morpholine rings is 1. The van der Waals surface area contributed by atoms with Gasteiger partial charge in [0.1, 0.15) is 0 Å². The van der Waals surface area contributed by atoms with Crippen LogP contribution in [0, 0.1) is 0 Å². The van der Waals surface area contributed by atoms with Gasteiger partial charge in [-0.25, -0.2) is 4.98 Å². The quantitative estimate of drug-likeness (QED) is 0.694. The van der Waals surface area contributed by atoms with Crippen molar-refractivity contribution in [1.82, 2.24) is 9.97 Å². The molecule has 3 N–H and O–H groups in total. The van der Waals surface area contributed by atoms with Gasteiger partial charge in [0, 0.05) is 25.5 Å². The molecule has 6 heteroatoms. The first-order valence-electron chi connectivity index (χ1n) is 5.32. The molecule has 88 valence electrons. The number of hydrogen-bond donors (Lipinski definition) is 2. The van der Waals surface area contributed by atoms with Crippen LogP contribution in [0.5, 0.6) is 0 Å². The normalized spacial score (nSPS) is 21.1. The number of rotatable bonds is 3. The monoisotopic (exact) mass is 224 g/mol. The van der Waals surface area contributed by atoms with E-state index in [1.54, 1.807) is 12.4 Å². The van der Waals surface area contributed by atoms with E-state index in [-0.39, 0.29) is 12.6 Å². The number of nitrogens with zero attached hydrogens (tertiary/aromatic N) is 3. The molecule has 0 aromatic carbocycles. The van der Waals surface area contributed by atoms with Crippen molar-refractivity contribution in [2.45, 2.75) is 12.6 Å². The first kappa shape index (κ1) is 11.3. The van der Waals surface area contributed by atoms with E-state index in [1.165, 1.54) is 0 Å². The number of aliphatic hydroxyl groups excluding tert-OH is 1. The molecular formula is C10H16N4O2. The molecule has 1 aromatic rings. The van der Waals surface area contributed by atoms with Crippen molar-refractivity contribution in [3.63, 3.8) is 0 Å². The molecule has 16 heavy (non-hydrogen) atoms. The second-order valence-corrected chi connectivity index (χ2v) is 3.64. The number of ether oxygens (including phenoxy) is 1. The molecule has 0 saturated carbocycles. The molecule has 0 bridgehead atoms. The molecule has 0 spiro atoms. The SMILES string of the molecule is NCc1nccnc1N1CCOCC1CO. The van der Waals surface area contributed by atoms with Gasteiger partial charge in [-0.05, 0) is 0 Å². The Labute approximate surface area is 94.1 Å². The standard InChI is InChI=1S/C10H16N4O2/c11-5-9-10(13-2-1-12-9)14-3-4-16-7-8(14)6-15/h1-2,8,15H,3-7,11H2. The molecule has 2 heterocycles. The Kier molecular flexibility index (Phi) is 3.66. The van der Waals surface area contributed by atoms with Crippen LogP contribution < -0.4 is 10.6 Å². The van der Waals surface area contributed by atoms with E-state index >= 15 is 0 Å². The minimum Gasteiger partial charge on any atom is -0.394 e. The molecule has 6 nitrogen and oxygen atoms in total. The Balaban J connectivity index is 2.26. The van der Waals surface area contributed by atoms with Crippen LogP contribution in [0.1, 0.15) is 5.69 Å². The van der Waals surface area contributed by atoms with Gasteiger partial charge in [-0.1, -0.05) is 0 Å². The lowest BCUT2D eigenvalue weighted by molar-refractivity contribution is 0.0721. The molecule has 0 radical (unpaired) electrons. The summed E-state index contributed by atoms with van der Waals surface area (Å²) in [6.45, 7) is 2.24. The molecular weight excluding hydrogens is 208 g/mol.